The molecule has 0 aromatic heterocycles. The van der Waals surface area contributed by atoms with Gasteiger partial charge in [-0.2, -0.15) is 0 Å². The van der Waals surface area contributed by atoms with Crippen molar-refractivity contribution in [1.29, 1.82) is 0 Å². The summed E-state index contributed by atoms with van der Waals surface area (Å²) < 4.78 is 2.78. The van der Waals surface area contributed by atoms with Crippen molar-refractivity contribution in [3.05, 3.63) is 102 Å². The zero-order valence-corrected chi connectivity index (χ0v) is 21.6. The molecule has 4 rings (SSSR count). The Morgan fingerprint density at radius 2 is 1.28 bits per heavy atom. The molecule has 32 heavy (non-hydrogen) atoms. The molecule has 0 fully saturated rings. The number of hydrogen-bond acceptors (Lipinski definition) is 1. The van der Waals surface area contributed by atoms with E-state index in [2.05, 4.69) is 137 Å². The van der Waals surface area contributed by atoms with Gasteiger partial charge >= 0.3 is 0 Å². The molecule has 0 aliphatic heterocycles. The van der Waals surface area contributed by atoms with Crippen LogP contribution in [0.4, 0.5) is 5.69 Å². The molecule has 166 valence electrons. The molecule has 2 atom stereocenters. The first-order chi connectivity index (χ1) is 15.1. The van der Waals surface area contributed by atoms with E-state index in [1.807, 2.05) is 0 Å². The molecule has 1 nitrogen and oxygen atoms in total. The lowest BCUT2D eigenvalue weighted by atomic mass is 9.87. The van der Waals surface area contributed by atoms with Gasteiger partial charge in [-0.25, -0.2) is 0 Å². The Kier molecular flexibility index (Phi) is 6.18. The molecule has 0 bridgehead atoms. The van der Waals surface area contributed by atoms with Gasteiger partial charge in [0.05, 0.1) is 0 Å². The number of fused-ring (bicyclic) bond motifs is 1. The fraction of sp³-hybridized carbons (Fsp3) is 0.333. The number of benzene rings is 3. The molecule has 0 heterocycles. The van der Waals surface area contributed by atoms with Gasteiger partial charge in [-0.15, -0.1) is 0 Å². The van der Waals surface area contributed by atoms with E-state index in [-0.39, 0.29) is 11.0 Å². The highest BCUT2D eigenvalue weighted by Crippen LogP contribution is 2.45. The van der Waals surface area contributed by atoms with Gasteiger partial charge in [-0.3, -0.25) is 0 Å². The average Bonchev–Trinajstić information content (AvgIpc) is 3.08. The van der Waals surface area contributed by atoms with Crippen LogP contribution in [0.5, 0.6) is 0 Å². The molecule has 0 radical (unpaired) electrons. The number of rotatable bonds is 5. The Labute approximate surface area is 196 Å². The van der Waals surface area contributed by atoms with Gasteiger partial charge < -0.3 is 4.57 Å². The van der Waals surface area contributed by atoms with Gasteiger partial charge in [0.1, 0.15) is 0 Å². The van der Waals surface area contributed by atoms with E-state index in [0.29, 0.717) is 5.54 Å². The molecule has 3 aromatic rings. The van der Waals surface area contributed by atoms with Crippen molar-refractivity contribution < 1.29 is 0 Å². The van der Waals surface area contributed by atoms with E-state index >= 15 is 0 Å². The Balaban J connectivity index is 1.95. The van der Waals surface area contributed by atoms with Crippen LogP contribution in [-0.4, -0.2) is 14.5 Å². The van der Waals surface area contributed by atoms with E-state index in [1.165, 1.54) is 22.0 Å². The van der Waals surface area contributed by atoms with Crippen LogP contribution in [0, 0.1) is 5.41 Å². The first kappa shape index (κ1) is 22.6. The van der Waals surface area contributed by atoms with E-state index < -0.39 is 8.96 Å². The summed E-state index contributed by atoms with van der Waals surface area (Å²) in [5.74, 6) is 0. The van der Waals surface area contributed by atoms with Crippen molar-refractivity contribution in [2.45, 2.75) is 59.0 Å². The molecular formula is C30H37NSi. The number of para-hydroxylation sites is 1. The fourth-order valence-electron chi connectivity index (χ4n) is 5.26. The second-order valence-electron chi connectivity index (χ2n) is 11.3. The van der Waals surface area contributed by atoms with E-state index in [4.69, 9.17) is 0 Å². The second-order valence-corrected chi connectivity index (χ2v) is 14.0. The van der Waals surface area contributed by atoms with Gasteiger partial charge in [0.2, 0.25) is 0 Å². The Morgan fingerprint density at radius 3 is 1.88 bits per heavy atom. The SMILES string of the molecule is CC(C)(C)CC1=Cc2ccccc2C1[SiH](c1ccccc1)N(c1ccccc1)C(C)(C)C. The third-order valence-corrected chi connectivity index (χ3v) is 10.4. The van der Waals surface area contributed by atoms with Crippen molar-refractivity contribution in [3.63, 3.8) is 0 Å². The van der Waals surface area contributed by atoms with Crippen LogP contribution in [0.3, 0.4) is 0 Å². The van der Waals surface area contributed by atoms with Crippen LogP contribution in [0.2, 0.25) is 0 Å². The Morgan fingerprint density at radius 1 is 0.719 bits per heavy atom. The highest BCUT2D eigenvalue weighted by Gasteiger charge is 2.42. The van der Waals surface area contributed by atoms with Crippen LogP contribution in [0.15, 0.2) is 90.5 Å². The van der Waals surface area contributed by atoms with Crippen LogP contribution in [0.1, 0.15) is 64.6 Å². The van der Waals surface area contributed by atoms with Crippen LogP contribution in [0.25, 0.3) is 6.08 Å². The fourth-order valence-corrected chi connectivity index (χ4v) is 9.44. The summed E-state index contributed by atoms with van der Waals surface area (Å²) in [7, 11) is -1.73. The number of allylic oxidation sites excluding steroid dienone is 1. The Hall–Kier alpha value is -2.58. The molecule has 0 spiro atoms. The lowest BCUT2D eigenvalue weighted by Crippen LogP contribution is -2.60. The van der Waals surface area contributed by atoms with E-state index in [1.54, 1.807) is 5.57 Å². The lowest BCUT2D eigenvalue weighted by molar-refractivity contribution is 0.406. The zero-order valence-electron chi connectivity index (χ0n) is 20.5. The van der Waals surface area contributed by atoms with Gasteiger partial charge in [-0.1, -0.05) is 105 Å². The molecule has 1 aliphatic carbocycles. The standard InChI is InChI=1S/C30H37NSi/c1-29(2,3)22-24-21-23-15-13-14-20-27(23)28(24)32(26-18-11-8-12-19-26)31(30(4,5)6)25-16-9-7-10-17-25/h7-21,28,32H,22H2,1-6H3. The van der Waals surface area contributed by atoms with Crippen LogP contribution >= 0.6 is 0 Å². The van der Waals surface area contributed by atoms with E-state index in [9.17, 15) is 0 Å². The highest BCUT2D eigenvalue weighted by molar-refractivity contribution is 6.79. The number of hydrogen-bond donors (Lipinski definition) is 0. The second kappa shape index (κ2) is 8.75. The van der Waals surface area contributed by atoms with Crippen molar-refractivity contribution in [2.24, 2.45) is 5.41 Å². The summed E-state index contributed by atoms with van der Waals surface area (Å²) in [6, 6.07) is 31.5. The van der Waals surface area contributed by atoms with Crippen molar-refractivity contribution >= 4 is 25.9 Å². The first-order valence-corrected chi connectivity index (χ1v) is 13.6. The summed E-state index contributed by atoms with van der Waals surface area (Å²) in [5.41, 5.74) is 6.57. The first-order valence-electron chi connectivity index (χ1n) is 11.8. The Bertz CT molecular complexity index is 1070. The topological polar surface area (TPSA) is 3.24 Å². The average molecular weight is 440 g/mol. The van der Waals surface area contributed by atoms with Gasteiger partial charge in [0.15, 0.2) is 8.96 Å². The molecular weight excluding hydrogens is 402 g/mol. The predicted octanol–water partition coefficient (Wildman–Crippen LogP) is 7.08. The molecule has 1 aliphatic rings. The summed E-state index contributed by atoms with van der Waals surface area (Å²) in [6.07, 6.45) is 3.62. The molecule has 0 saturated carbocycles. The predicted molar refractivity (Wildman–Crippen MR) is 143 cm³/mol. The van der Waals surface area contributed by atoms with Crippen LogP contribution in [-0.2, 0) is 0 Å². The third kappa shape index (κ3) is 4.76. The maximum Gasteiger partial charge on any atom is 0.183 e. The zero-order chi connectivity index (χ0) is 22.9. The molecule has 2 heteroatoms. The van der Waals surface area contributed by atoms with Gasteiger partial charge in [0.25, 0.3) is 0 Å². The molecule has 0 N–H and O–H groups in total. The summed E-state index contributed by atoms with van der Waals surface area (Å²) >= 11 is 0. The van der Waals surface area contributed by atoms with Crippen LogP contribution < -0.4 is 9.75 Å². The largest absolute Gasteiger partial charge is 0.391 e. The van der Waals surface area contributed by atoms with Crippen molar-refractivity contribution in [3.8, 4) is 0 Å². The summed E-state index contributed by atoms with van der Waals surface area (Å²) in [4.78, 5) is 0. The minimum absolute atomic E-state index is 0.0124. The van der Waals surface area contributed by atoms with Gasteiger partial charge in [0, 0.05) is 16.8 Å². The maximum atomic E-state index is 2.78. The molecule has 2 unspecified atom stereocenters. The monoisotopic (exact) mass is 439 g/mol. The summed E-state index contributed by atoms with van der Waals surface area (Å²) in [5, 5.41) is 1.51. The third-order valence-electron chi connectivity index (χ3n) is 6.30. The minimum Gasteiger partial charge on any atom is -0.391 e. The quantitative estimate of drug-likeness (QED) is 0.384. The maximum absolute atomic E-state index is 2.78. The number of anilines is 1. The molecule has 0 amide bonds. The van der Waals surface area contributed by atoms with Crippen molar-refractivity contribution in [2.75, 3.05) is 4.57 Å². The number of nitrogens with zero attached hydrogens (tertiary/aromatic N) is 1. The van der Waals surface area contributed by atoms with E-state index in [0.717, 1.165) is 6.42 Å². The van der Waals surface area contributed by atoms with Crippen molar-refractivity contribution in [1.82, 2.24) is 0 Å². The minimum atomic E-state index is -1.73. The molecule has 0 saturated heterocycles. The lowest BCUT2D eigenvalue weighted by Gasteiger charge is -2.47. The molecule has 3 aromatic carbocycles. The summed E-state index contributed by atoms with van der Waals surface area (Å²) in [6.45, 7) is 14.2. The van der Waals surface area contributed by atoms with Gasteiger partial charge in [-0.05, 0) is 61.1 Å². The smallest absolute Gasteiger partial charge is 0.183 e. The highest BCUT2D eigenvalue weighted by atomic mass is 28.3. The normalized spacial score (nSPS) is 16.9.